The minimum atomic E-state index is -0.652. The minimum absolute atomic E-state index is 0.0133. The van der Waals surface area contributed by atoms with E-state index < -0.39 is 23.1 Å². The number of amides is 3. The van der Waals surface area contributed by atoms with E-state index in [1.54, 1.807) is 30.3 Å². The first-order valence-corrected chi connectivity index (χ1v) is 10.8. The Kier molecular flexibility index (Phi) is 3.68. The van der Waals surface area contributed by atoms with Gasteiger partial charge in [-0.15, -0.1) is 0 Å². The van der Waals surface area contributed by atoms with Crippen LogP contribution in [0.1, 0.15) is 23.2 Å². The molecule has 1 aromatic rings. The Labute approximate surface area is 180 Å². The van der Waals surface area contributed by atoms with Crippen molar-refractivity contribution in [2.45, 2.75) is 30.2 Å². The van der Waals surface area contributed by atoms with Crippen LogP contribution in [-0.2, 0) is 14.3 Å². The molecule has 0 unspecified atom stereocenters. The average Bonchev–Trinajstić information content (AvgIpc) is 3.40. The normalized spacial score (nSPS) is 34.9. The van der Waals surface area contributed by atoms with Gasteiger partial charge >= 0.3 is 0 Å². The lowest BCUT2D eigenvalue weighted by atomic mass is 9.76. The zero-order valence-electron chi connectivity index (χ0n) is 17.6. The van der Waals surface area contributed by atoms with Crippen LogP contribution in [0.15, 0.2) is 30.5 Å². The summed E-state index contributed by atoms with van der Waals surface area (Å²) in [7, 11) is 3.70. The van der Waals surface area contributed by atoms with E-state index in [1.165, 1.54) is 0 Å². The molecule has 2 bridgehead atoms. The van der Waals surface area contributed by atoms with Gasteiger partial charge in [-0.25, -0.2) is 4.98 Å². The van der Waals surface area contributed by atoms with E-state index in [1.807, 2.05) is 29.0 Å². The Morgan fingerprint density at radius 1 is 1.26 bits per heavy atom. The molecule has 0 radical (unpaired) electrons. The van der Waals surface area contributed by atoms with Crippen molar-refractivity contribution >= 4 is 23.5 Å². The second-order valence-electron chi connectivity index (χ2n) is 9.34. The molecule has 1 N–H and O–H groups in total. The third-order valence-corrected chi connectivity index (χ3v) is 7.81. The predicted octanol–water partition coefficient (Wildman–Crippen LogP) is -0.00830. The summed E-state index contributed by atoms with van der Waals surface area (Å²) >= 11 is 0. The molecular weight excluding hydrogens is 398 g/mol. The zero-order valence-corrected chi connectivity index (χ0v) is 17.6. The molecular formula is C22H25N5O4. The Morgan fingerprint density at radius 2 is 2.03 bits per heavy atom. The lowest BCUT2D eigenvalue weighted by molar-refractivity contribution is -0.144. The number of hydrogen-bond acceptors (Lipinski definition) is 6. The van der Waals surface area contributed by atoms with E-state index in [0.717, 1.165) is 0 Å². The molecule has 5 aliphatic rings. The lowest BCUT2D eigenvalue weighted by Crippen LogP contribution is -2.67. The number of piperidine rings is 1. The lowest BCUT2D eigenvalue weighted by Gasteiger charge is -2.51. The fourth-order valence-electron chi connectivity index (χ4n) is 6.15. The molecule has 3 fully saturated rings. The molecule has 9 heteroatoms. The maximum Gasteiger partial charge on any atom is 0.256 e. The second kappa shape index (κ2) is 6.06. The SMILES string of the molecule is CN1C[C@@]23C=C[C@@H](O2)[C@@H](C(=O)N2CCC4(CC2)NC(=O)c2cccnc2N4C)[C@H]3C1=O. The quantitative estimate of drug-likeness (QED) is 0.639. The third kappa shape index (κ3) is 2.35. The number of anilines is 1. The number of likely N-dealkylation sites (N-methyl/N-ethyl adjacent to an activating group) is 1. The first-order chi connectivity index (χ1) is 14.9. The van der Waals surface area contributed by atoms with Gasteiger partial charge in [0, 0.05) is 46.2 Å². The van der Waals surface area contributed by atoms with Gasteiger partial charge in [0.25, 0.3) is 5.91 Å². The maximum absolute atomic E-state index is 13.5. The highest BCUT2D eigenvalue weighted by Crippen LogP contribution is 2.52. The van der Waals surface area contributed by atoms with Gasteiger partial charge < -0.3 is 24.8 Å². The summed E-state index contributed by atoms with van der Waals surface area (Å²) in [6.45, 7) is 1.50. The molecule has 3 saturated heterocycles. The number of nitrogens with one attached hydrogen (secondary N) is 1. The van der Waals surface area contributed by atoms with Gasteiger partial charge in [-0.05, 0) is 12.1 Å². The molecule has 6 heterocycles. The molecule has 3 amide bonds. The molecule has 9 nitrogen and oxygen atoms in total. The summed E-state index contributed by atoms with van der Waals surface area (Å²) in [5.74, 6) is -0.418. The van der Waals surface area contributed by atoms with Crippen molar-refractivity contribution in [2.75, 3.05) is 38.6 Å². The third-order valence-electron chi connectivity index (χ3n) is 7.81. The second-order valence-corrected chi connectivity index (χ2v) is 9.34. The molecule has 0 aromatic carbocycles. The van der Waals surface area contributed by atoms with Crippen LogP contribution in [0.4, 0.5) is 5.82 Å². The van der Waals surface area contributed by atoms with E-state index in [4.69, 9.17) is 4.74 Å². The molecule has 0 aliphatic carbocycles. The molecule has 1 aromatic heterocycles. The van der Waals surface area contributed by atoms with Crippen molar-refractivity contribution in [1.29, 1.82) is 0 Å². The van der Waals surface area contributed by atoms with Gasteiger partial charge in [-0.3, -0.25) is 14.4 Å². The number of aromatic nitrogens is 1. The summed E-state index contributed by atoms with van der Waals surface area (Å²) in [4.78, 5) is 48.9. The topological polar surface area (TPSA) is 95.1 Å². The summed E-state index contributed by atoms with van der Waals surface area (Å²) in [6, 6.07) is 3.53. The van der Waals surface area contributed by atoms with Crippen LogP contribution in [0.25, 0.3) is 0 Å². The van der Waals surface area contributed by atoms with Gasteiger partial charge in [0.15, 0.2) is 0 Å². The zero-order chi connectivity index (χ0) is 21.5. The summed E-state index contributed by atoms with van der Waals surface area (Å²) in [6.07, 6.45) is 6.45. The van der Waals surface area contributed by atoms with Gasteiger partial charge in [0.05, 0.1) is 30.0 Å². The van der Waals surface area contributed by atoms with Crippen LogP contribution in [0.3, 0.4) is 0 Å². The number of pyridine rings is 1. The summed E-state index contributed by atoms with van der Waals surface area (Å²) < 4.78 is 6.13. The number of likely N-dealkylation sites (tertiary alicyclic amines) is 2. The van der Waals surface area contributed by atoms with Gasteiger partial charge in [0.1, 0.15) is 17.1 Å². The molecule has 2 spiro atoms. The first-order valence-electron chi connectivity index (χ1n) is 10.8. The number of fused-ring (bicyclic) bond motifs is 2. The summed E-state index contributed by atoms with van der Waals surface area (Å²) in [5, 5.41) is 3.15. The fourth-order valence-corrected chi connectivity index (χ4v) is 6.15. The number of carbonyl (C=O) groups excluding carboxylic acids is 3. The molecule has 162 valence electrons. The van der Waals surface area contributed by atoms with Crippen molar-refractivity contribution in [2.24, 2.45) is 11.8 Å². The molecule has 31 heavy (non-hydrogen) atoms. The van der Waals surface area contributed by atoms with E-state index in [-0.39, 0.29) is 23.8 Å². The number of ether oxygens (including phenoxy) is 1. The smallest absolute Gasteiger partial charge is 0.256 e. The highest BCUT2D eigenvalue weighted by atomic mass is 16.5. The van der Waals surface area contributed by atoms with Crippen molar-refractivity contribution in [3.8, 4) is 0 Å². The molecule has 6 rings (SSSR count). The minimum Gasteiger partial charge on any atom is -0.360 e. The number of hydrogen-bond donors (Lipinski definition) is 1. The highest BCUT2D eigenvalue weighted by Gasteiger charge is 2.66. The maximum atomic E-state index is 13.5. The largest absolute Gasteiger partial charge is 0.360 e. The fraction of sp³-hybridized carbons (Fsp3) is 0.545. The monoisotopic (exact) mass is 423 g/mol. The number of rotatable bonds is 1. The van der Waals surface area contributed by atoms with Crippen molar-refractivity contribution in [3.05, 3.63) is 36.0 Å². The van der Waals surface area contributed by atoms with Crippen molar-refractivity contribution in [1.82, 2.24) is 20.1 Å². The van der Waals surface area contributed by atoms with Crippen LogP contribution < -0.4 is 10.2 Å². The van der Waals surface area contributed by atoms with Crippen LogP contribution in [0.5, 0.6) is 0 Å². The Balaban J connectivity index is 1.22. The number of nitrogens with zero attached hydrogens (tertiary/aromatic N) is 4. The Bertz CT molecular complexity index is 1030. The standard InChI is InChI=1S/C22H25N5O4/c1-25-12-21-6-5-14(31-21)15(16(21)20(25)30)19(29)27-10-7-22(8-11-27)24-18(28)13-4-3-9-23-17(13)26(22)2/h3-6,9,14-16H,7-8,10-12H2,1-2H3,(H,24,28)/t14-,15-,16+,21-/m1/s1. The van der Waals surface area contributed by atoms with Gasteiger partial charge in [0.2, 0.25) is 11.8 Å². The van der Waals surface area contributed by atoms with E-state index in [2.05, 4.69) is 10.3 Å². The van der Waals surface area contributed by atoms with Crippen LogP contribution in [0, 0.1) is 11.8 Å². The Hall–Kier alpha value is -2.94. The van der Waals surface area contributed by atoms with Crippen molar-refractivity contribution < 1.29 is 19.1 Å². The van der Waals surface area contributed by atoms with Gasteiger partial charge in [-0.1, -0.05) is 12.2 Å². The van der Waals surface area contributed by atoms with E-state index >= 15 is 0 Å². The van der Waals surface area contributed by atoms with Crippen LogP contribution in [-0.4, -0.2) is 83.6 Å². The first kappa shape index (κ1) is 18.8. The molecule has 5 aliphatic heterocycles. The summed E-state index contributed by atoms with van der Waals surface area (Å²) in [5.41, 5.74) is -0.652. The molecule has 0 saturated carbocycles. The van der Waals surface area contributed by atoms with Crippen LogP contribution in [0.2, 0.25) is 0 Å². The predicted molar refractivity (Wildman–Crippen MR) is 110 cm³/mol. The Morgan fingerprint density at radius 3 is 2.81 bits per heavy atom. The molecule has 4 atom stereocenters. The van der Waals surface area contributed by atoms with Gasteiger partial charge in [-0.2, -0.15) is 0 Å². The van der Waals surface area contributed by atoms with Crippen LogP contribution >= 0.6 is 0 Å². The average molecular weight is 423 g/mol. The van der Waals surface area contributed by atoms with Crippen molar-refractivity contribution in [3.63, 3.8) is 0 Å². The van der Waals surface area contributed by atoms with E-state index in [9.17, 15) is 14.4 Å². The van der Waals surface area contributed by atoms with E-state index in [0.29, 0.717) is 43.9 Å². The highest BCUT2D eigenvalue weighted by molar-refractivity contribution is 6.01. The number of carbonyl (C=O) groups is 3.